The minimum atomic E-state index is -0.626. The van der Waals surface area contributed by atoms with Crippen molar-refractivity contribution in [3.8, 4) is 0 Å². The Kier molecular flexibility index (Phi) is 3.67. The normalized spacial score (nSPS) is 34.7. The van der Waals surface area contributed by atoms with Crippen LogP contribution in [0.15, 0.2) is 24.3 Å². The number of halogens is 1. The number of amides is 1. The summed E-state index contributed by atoms with van der Waals surface area (Å²) in [6, 6.07) is 7.23. The second-order valence-electron chi connectivity index (χ2n) is 7.74. The maximum atomic E-state index is 14.1. The Morgan fingerprint density at radius 2 is 1.83 bits per heavy atom. The predicted octanol–water partition coefficient (Wildman–Crippen LogP) is 2.88. The molecule has 2 unspecified atom stereocenters. The smallest absolute Gasteiger partial charge is 0.231 e. The van der Waals surface area contributed by atoms with Crippen molar-refractivity contribution in [3.05, 3.63) is 35.6 Å². The molecule has 1 aromatic rings. The number of benzene rings is 1. The summed E-state index contributed by atoms with van der Waals surface area (Å²) in [7, 11) is 0. The van der Waals surface area contributed by atoms with E-state index >= 15 is 0 Å². The lowest BCUT2D eigenvalue weighted by atomic mass is 9.67. The minimum Gasteiger partial charge on any atom is -0.352 e. The van der Waals surface area contributed by atoms with Crippen molar-refractivity contribution < 1.29 is 9.18 Å². The van der Waals surface area contributed by atoms with E-state index in [-0.39, 0.29) is 23.8 Å². The van der Waals surface area contributed by atoms with Crippen LogP contribution >= 0.6 is 0 Å². The summed E-state index contributed by atoms with van der Waals surface area (Å²) in [6.45, 7) is 0. The molecule has 3 aliphatic rings. The molecule has 3 N–H and O–H groups in total. The number of nitrogens with one attached hydrogen (secondary N) is 1. The zero-order valence-electron chi connectivity index (χ0n) is 13.4. The third-order valence-electron chi connectivity index (χ3n) is 6.25. The summed E-state index contributed by atoms with van der Waals surface area (Å²) in [5.74, 6) is 0.765. The van der Waals surface area contributed by atoms with Crippen LogP contribution in [-0.2, 0) is 10.2 Å². The first-order chi connectivity index (χ1) is 11.1. The van der Waals surface area contributed by atoms with Gasteiger partial charge in [-0.3, -0.25) is 4.79 Å². The Morgan fingerprint density at radius 1 is 1.17 bits per heavy atom. The van der Waals surface area contributed by atoms with Gasteiger partial charge in [-0.25, -0.2) is 4.39 Å². The van der Waals surface area contributed by atoms with E-state index < -0.39 is 5.41 Å². The van der Waals surface area contributed by atoms with Gasteiger partial charge in [0.2, 0.25) is 5.91 Å². The second kappa shape index (κ2) is 5.59. The second-order valence-corrected chi connectivity index (χ2v) is 7.74. The van der Waals surface area contributed by atoms with Crippen molar-refractivity contribution in [2.45, 2.75) is 62.4 Å². The quantitative estimate of drug-likeness (QED) is 0.901. The minimum absolute atomic E-state index is 0.0278. The first kappa shape index (κ1) is 15.1. The van der Waals surface area contributed by atoms with Gasteiger partial charge in [0.15, 0.2) is 0 Å². The lowest BCUT2D eigenvalue weighted by molar-refractivity contribution is -0.126. The zero-order valence-corrected chi connectivity index (χ0v) is 13.4. The average Bonchev–Trinajstić information content (AvgIpc) is 3.30. The molecule has 1 aromatic carbocycles. The van der Waals surface area contributed by atoms with Crippen LogP contribution in [0.4, 0.5) is 4.39 Å². The average molecular weight is 316 g/mol. The summed E-state index contributed by atoms with van der Waals surface area (Å²) in [4.78, 5) is 13.0. The van der Waals surface area contributed by atoms with Gasteiger partial charge in [0.25, 0.3) is 0 Å². The number of hydrogen-bond acceptors (Lipinski definition) is 2. The van der Waals surface area contributed by atoms with Crippen LogP contribution in [0.3, 0.4) is 0 Å². The monoisotopic (exact) mass is 316 g/mol. The van der Waals surface area contributed by atoms with Gasteiger partial charge < -0.3 is 11.1 Å². The lowest BCUT2D eigenvalue weighted by Crippen LogP contribution is -2.55. The molecule has 3 fully saturated rings. The largest absolute Gasteiger partial charge is 0.352 e. The van der Waals surface area contributed by atoms with E-state index in [9.17, 15) is 9.18 Å². The van der Waals surface area contributed by atoms with Gasteiger partial charge in [-0.05, 0) is 56.4 Å². The predicted molar refractivity (Wildman–Crippen MR) is 87.3 cm³/mol. The topological polar surface area (TPSA) is 55.1 Å². The summed E-state index contributed by atoms with van der Waals surface area (Å²) in [5, 5.41) is 3.31. The van der Waals surface area contributed by atoms with Crippen LogP contribution in [0.5, 0.6) is 0 Å². The fourth-order valence-electron chi connectivity index (χ4n) is 4.91. The van der Waals surface area contributed by atoms with Gasteiger partial charge in [0.05, 0.1) is 5.41 Å². The molecular formula is C19H25FN2O. The fraction of sp³-hybridized carbons (Fsp3) is 0.632. The van der Waals surface area contributed by atoms with Crippen LogP contribution in [0, 0.1) is 17.7 Å². The molecule has 0 heterocycles. The highest BCUT2D eigenvalue weighted by atomic mass is 19.1. The maximum absolute atomic E-state index is 14.1. The molecule has 4 rings (SSSR count). The summed E-state index contributed by atoms with van der Waals surface area (Å²) in [5.41, 5.74) is 6.10. The highest BCUT2D eigenvalue weighted by Crippen LogP contribution is 2.50. The molecule has 4 heteroatoms. The van der Waals surface area contributed by atoms with Crippen LogP contribution in [0.2, 0.25) is 0 Å². The van der Waals surface area contributed by atoms with Crippen molar-refractivity contribution in [2.75, 3.05) is 0 Å². The SMILES string of the molecule is NC1CC2CCCC(C1)C2NC(=O)C1(c2ccccc2F)CC1. The van der Waals surface area contributed by atoms with E-state index in [0.29, 0.717) is 17.4 Å². The van der Waals surface area contributed by atoms with E-state index in [2.05, 4.69) is 5.32 Å². The lowest BCUT2D eigenvalue weighted by Gasteiger charge is -2.45. The molecule has 0 saturated heterocycles. The summed E-state index contributed by atoms with van der Waals surface area (Å²) in [6.07, 6.45) is 7.07. The molecule has 3 aliphatic carbocycles. The summed E-state index contributed by atoms with van der Waals surface area (Å²) >= 11 is 0. The van der Waals surface area contributed by atoms with Crippen molar-refractivity contribution in [2.24, 2.45) is 17.6 Å². The number of carbonyl (C=O) groups is 1. The van der Waals surface area contributed by atoms with Gasteiger partial charge in [-0.1, -0.05) is 24.6 Å². The number of carbonyl (C=O) groups excluding carboxylic acids is 1. The summed E-state index contributed by atoms with van der Waals surface area (Å²) < 4.78 is 14.1. The standard InChI is InChI=1S/C19H25FN2O/c20-16-7-2-1-6-15(16)19(8-9-19)18(23)22-17-12-4-3-5-13(17)11-14(21)10-12/h1-2,6-7,12-14,17H,3-5,8-11,21H2,(H,22,23). The number of hydrogen-bond donors (Lipinski definition) is 2. The van der Waals surface area contributed by atoms with Gasteiger partial charge in [0.1, 0.15) is 5.82 Å². The van der Waals surface area contributed by atoms with Gasteiger partial charge in [-0.15, -0.1) is 0 Å². The van der Waals surface area contributed by atoms with Gasteiger partial charge in [-0.2, -0.15) is 0 Å². The zero-order chi connectivity index (χ0) is 16.0. The van der Waals surface area contributed by atoms with Crippen LogP contribution < -0.4 is 11.1 Å². The third kappa shape index (κ3) is 2.57. The van der Waals surface area contributed by atoms with E-state index in [4.69, 9.17) is 5.73 Å². The molecular weight excluding hydrogens is 291 g/mol. The van der Waals surface area contributed by atoms with E-state index in [1.807, 2.05) is 6.07 Å². The Bertz CT molecular complexity index is 599. The van der Waals surface area contributed by atoms with E-state index in [1.54, 1.807) is 12.1 Å². The molecule has 2 atom stereocenters. The van der Waals surface area contributed by atoms with Crippen molar-refractivity contribution >= 4 is 5.91 Å². The Labute approximate surface area is 136 Å². The van der Waals surface area contributed by atoms with E-state index in [0.717, 1.165) is 38.5 Å². The molecule has 23 heavy (non-hydrogen) atoms. The van der Waals surface area contributed by atoms with Crippen LogP contribution in [0.25, 0.3) is 0 Å². The Morgan fingerprint density at radius 3 is 2.43 bits per heavy atom. The first-order valence-corrected chi connectivity index (χ1v) is 8.92. The molecule has 124 valence electrons. The van der Waals surface area contributed by atoms with Crippen LogP contribution in [0.1, 0.15) is 50.5 Å². The van der Waals surface area contributed by atoms with Crippen molar-refractivity contribution in [1.29, 1.82) is 0 Å². The van der Waals surface area contributed by atoms with E-state index in [1.165, 1.54) is 12.5 Å². The molecule has 1 amide bonds. The molecule has 3 nitrogen and oxygen atoms in total. The van der Waals surface area contributed by atoms with Crippen LogP contribution in [-0.4, -0.2) is 18.0 Å². The molecule has 2 bridgehead atoms. The number of nitrogens with two attached hydrogens (primary N) is 1. The van der Waals surface area contributed by atoms with Gasteiger partial charge in [0, 0.05) is 17.6 Å². The highest BCUT2D eigenvalue weighted by Gasteiger charge is 2.54. The van der Waals surface area contributed by atoms with Crippen molar-refractivity contribution in [1.82, 2.24) is 5.32 Å². The third-order valence-corrected chi connectivity index (χ3v) is 6.25. The highest BCUT2D eigenvalue weighted by molar-refractivity contribution is 5.91. The molecule has 0 spiro atoms. The fourth-order valence-corrected chi connectivity index (χ4v) is 4.91. The Balaban J connectivity index is 1.53. The molecule has 0 aromatic heterocycles. The molecule has 0 radical (unpaired) electrons. The molecule has 0 aliphatic heterocycles. The van der Waals surface area contributed by atoms with Crippen molar-refractivity contribution in [3.63, 3.8) is 0 Å². The van der Waals surface area contributed by atoms with Gasteiger partial charge >= 0.3 is 0 Å². The molecule has 3 saturated carbocycles. The maximum Gasteiger partial charge on any atom is 0.231 e. The first-order valence-electron chi connectivity index (χ1n) is 8.92. The number of fused-ring (bicyclic) bond motifs is 2. The Hall–Kier alpha value is -1.42. The number of rotatable bonds is 3.